The van der Waals surface area contributed by atoms with E-state index in [2.05, 4.69) is 31.8 Å². The Balaban J connectivity index is 1.39. The average Bonchev–Trinajstić information content (AvgIpc) is 3.28. The van der Waals surface area contributed by atoms with E-state index < -0.39 is 5.54 Å². The van der Waals surface area contributed by atoms with E-state index in [1.165, 1.54) is 18.3 Å². The lowest BCUT2D eigenvalue weighted by Gasteiger charge is -2.30. The van der Waals surface area contributed by atoms with Crippen LogP contribution in [0.4, 0.5) is 5.13 Å². The lowest BCUT2D eigenvalue weighted by molar-refractivity contribution is -0.121. The number of hydrogen-bond acceptors (Lipinski definition) is 7. The molecule has 0 bridgehead atoms. The molecule has 2 amide bonds. The molecule has 164 valence electrons. The molecule has 4 rings (SSSR count). The molecule has 0 spiro atoms. The third kappa shape index (κ3) is 5.10. The summed E-state index contributed by atoms with van der Waals surface area (Å²) in [6.07, 6.45) is 6.42. The van der Waals surface area contributed by atoms with Crippen molar-refractivity contribution in [3.05, 3.63) is 35.5 Å². The van der Waals surface area contributed by atoms with E-state index in [-0.39, 0.29) is 18.2 Å². The van der Waals surface area contributed by atoms with Crippen LogP contribution in [-0.4, -0.2) is 26.9 Å². The summed E-state index contributed by atoms with van der Waals surface area (Å²) in [6, 6.07) is 6.01. The van der Waals surface area contributed by atoms with Crippen molar-refractivity contribution in [2.75, 3.05) is 5.32 Å². The van der Waals surface area contributed by atoms with Gasteiger partial charge in [-0.25, -0.2) is 4.98 Å². The predicted octanol–water partition coefficient (Wildman–Crippen LogP) is 4.24. The number of aromatic nitrogens is 3. The number of amides is 2. The van der Waals surface area contributed by atoms with Crippen LogP contribution in [0.5, 0.6) is 0 Å². The van der Waals surface area contributed by atoms with Crippen molar-refractivity contribution in [1.82, 2.24) is 20.4 Å². The van der Waals surface area contributed by atoms with Gasteiger partial charge in [-0.05, 0) is 37.5 Å². The molecule has 0 saturated heterocycles. The molecule has 1 saturated carbocycles. The third-order valence-electron chi connectivity index (χ3n) is 5.62. The van der Waals surface area contributed by atoms with Crippen LogP contribution in [0.25, 0.3) is 10.2 Å². The first-order valence-corrected chi connectivity index (χ1v) is 11.5. The number of fused-ring (bicyclic) bond motifs is 1. The molecule has 3 aromatic rings. The Kier molecular flexibility index (Phi) is 6.31. The second-order valence-electron chi connectivity index (χ2n) is 8.23. The van der Waals surface area contributed by atoms with Gasteiger partial charge in [-0.1, -0.05) is 48.2 Å². The molecule has 1 aliphatic rings. The first kappa shape index (κ1) is 21.4. The van der Waals surface area contributed by atoms with Crippen LogP contribution in [-0.2, 0) is 21.5 Å². The van der Waals surface area contributed by atoms with E-state index in [9.17, 15) is 9.59 Å². The number of rotatable bonds is 6. The molecule has 2 N–H and O–H groups in total. The molecule has 0 atom stereocenters. The Labute approximate surface area is 184 Å². The molecule has 1 aromatic carbocycles. The highest BCUT2D eigenvalue weighted by atomic mass is 32.1. The van der Waals surface area contributed by atoms with Crippen LogP contribution in [0.2, 0.25) is 0 Å². The highest BCUT2D eigenvalue weighted by Gasteiger charge is 2.38. The van der Waals surface area contributed by atoms with Crippen molar-refractivity contribution in [3.8, 4) is 0 Å². The van der Waals surface area contributed by atoms with Crippen LogP contribution in [0.1, 0.15) is 69.1 Å². The normalized spacial score (nSPS) is 16.1. The van der Waals surface area contributed by atoms with E-state index in [0.29, 0.717) is 23.3 Å². The Morgan fingerprint density at radius 2 is 1.94 bits per heavy atom. The Hall–Kier alpha value is -2.81. The highest BCUT2D eigenvalue weighted by Crippen LogP contribution is 2.34. The standard InChI is InChI=1S/C22H27N5O3S/c1-14-7-8-16-17(13-14)31-21(23-16)24-18(29)9-10-19-25-20(27-30-19)22(26-15(2)28)11-5-3-4-6-12-22/h7-8,13H,3-6,9-12H2,1-2H3,(H,26,28)(H,23,24,29). The van der Waals surface area contributed by atoms with Gasteiger partial charge in [-0.3, -0.25) is 9.59 Å². The van der Waals surface area contributed by atoms with Gasteiger partial charge < -0.3 is 15.2 Å². The summed E-state index contributed by atoms with van der Waals surface area (Å²) in [6.45, 7) is 3.54. The first-order valence-electron chi connectivity index (χ1n) is 10.7. The summed E-state index contributed by atoms with van der Waals surface area (Å²) in [5.41, 5.74) is 1.46. The zero-order valence-corrected chi connectivity index (χ0v) is 18.7. The maximum atomic E-state index is 12.4. The Bertz CT molecular complexity index is 1080. The molecule has 31 heavy (non-hydrogen) atoms. The number of nitrogens with one attached hydrogen (secondary N) is 2. The minimum atomic E-state index is -0.578. The largest absolute Gasteiger partial charge is 0.343 e. The third-order valence-corrected chi connectivity index (χ3v) is 6.56. The van der Waals surface area contributed by atoms with E-state index in [1.54, 1.807) is 0 Å². The second kappa shape index (κ2) is 9.13. The van der Waals surface area contributed by atoms with Crippen LogP contribution < -0.4 is 10.6 Å². The van der Waals surface area contributed by atoms with Gasteiger partial charge in [0, 0.05) is 19.8 Å². The summed E-state index contributed by atoms with van der Waals surface area (Å²) in [5, 5.41) is 10.7. The number of benzene rings is 1. The van der Waals surface area contributed by atoms with E-state index in [0.717, 1.165) is 54.3 Å². The van der Waals surface area contributed by atoms with Crippen molar-refractivity contribution >= 4 is 38.5 Å². The molecule has 1 aliphatic carbocycles. The minimum absolute atomic E-state index is 0.0985. The first-order chi connectivity index (χ1) is 14.9. The highest BCUT2D eigenvalue weighted by molar-refractivity contribution is 7.22. The van der Waals surface area contributed by atoms with Crippen LogP contribution in [0.3, 0.4) is 0 Å². The maximum absolute atomic E-state index is 12.4. The van der Waals surface area contributed by atoms with Gasteiger partial charge >= 0.3 is 0 Å². The van der Waals surface area contributed by atoms with Gasteiger partial charge in [0.15, 0.2) is 11.0 Å². The summed E-state index contributed by atoms with van der Waals surface area (Å²) < 4.78 is 6.47. The van der Waals surface area contributed by atoms with E-state index in [4.69, 9.17) is 4.52 Å². The fourth-order valence-electron chi connectivity index (χ4n) is 4.11. The summed E-state index contributed by atoms with van der Waals surface area (Å²) in [4.78, 5) is 33.2. The molecular formula is C22H27N5O3S. The van der Waals surface area contributed by atoms with E-state index in [1.807, 2.05) is 19.1 Å². The lowest BCUT2D eigenvalue weighted by Crippen LogP contribution is -2.45. The number of aryl methyl sites for hydroxylation is 2. The second-order valence-corrected chi connectivity index (χ2v) is 9.26. The van der Waals surface area contributed by atoms with Crippen molar-refractivity contribution < 1.29 is 14.1 Å². The smallest absolute Gasteiger partial charge is 0.227 e. The number of carbonyl (C=O) groups excluding carboxylic acids is 2. The van der Waals surface area contributed by atoms with Gasteiger partial charge in [0.2, 0.25) is 17.7 Å². The summed E-state index contributed by atoms with van der Waals surface area (Å²) >= 11 is 1.46. The lowest BCUT2D eigenvalue weighted by atomic mass is 9.89. The van der Waals surface area contributed by atoms with Gasteiger partial charge in [0.05, 0.1) is 10.2 Å². The number of nitrogens with zero attached hydrogens (tertiary/aromatic N) is 3. The van der Waals surface area contributed by atoms with Crippen LogP contribution >= 0.6 is 11.3 Å². The molecule has 0 aliphatic heterocycles. The van der Waals surface area contributed by atoms with Gasteiger partial charge in [-0.15, -0.1) is 0 Å². The number of anilines is 1. The number of hydrogen-bond donors (Lipinski definition) is 2. The van der Waals surface area contributed by atoms with Crippen molar-refractivity contribution in [2.24, 2.45) is 0 Å². The van der Waals surface area contributed by atoms with Crippen molar-refractivity contribution in [2.45, 2.75) is 70.8 Å². The molecule has 0 unspecified atom stereocenters. The minimum Gasteiger partial charge on any atom is -0.343 e. The topological polar surface area (TPSA) is 110 Å². The number of thiazole rings is 1. The molecule has 8 nitrogen and oxygen atoms in total. The summed E-state index contributed by atoms with van der Waals surface area (Å²) in [5.74, 6) is 0.667. The van der Waals surface area contributed by atoms with Gasteiger partial charge in [0.25, 0.3) is 0 Å². The van der Waals surface area contributed by atoms with Crippen molar-refractivity contribution in [3.63, 3.8) is 0 Å². The molecular weight excluding hydrogens is 414 g/mol. The van der Waals surface area contributed by atoms with Crippen LogP contribution in [0, 0.1) is 6.92 Å². The van der Waals surface area contributed by atoms with E-state index >= 15 is 0 Å². The molecule has 0 radical (unpaired) electrons. The maximum Gasteiger partial charge on any atom is 0.227 e. The molecule has 1 fully saturated rings. The fourth-order valence-corrected chi connectivity index (χ4v) is 5.09. The fraction of sp³-hybridized carbons (Fsp3) is 0.500. The molecule has 9 heteroatoms. The van der Waals surface area contributed by atoms with Gasteiger partial charge in [-0.2, -0.15) is 4.98 Å². The zero-order valence-electron chi connectivity index (χ0n) is 17.9. The molecule has 2 heterocycles. The quantitative estimate of drug-likeness (QED) is 0.554. The average molecular weight is 442 g/mol. The van der Waals surface area contributed by atoms with Crippen LogP contribution in [0.15, 0.2) is 22.7 Å². The Morgan fingerprint density at radius 1 is 1.16 bits per heavy atom. The SMILES string of the molecule is CC(=O)NC1(c2noc(CCC(=O)Nc3nc4ccc(C)cc4s3)n2)CCCCCC1. The predicted molar refractivity (Wildman–Crippen MR) is 119 cm³/mol. The van der Waals surface area contributed by atoms with Gasteiger partial charge in [0.1, 0.15) is 5.54 Å². The number of carbonyl (C=O) groups is 2. The summed E-state index contributed by atoms with van der Waals surface area (Å²) in [7, 11) is 0. The van der Waals surface area contributed by atoms with Crippen molar-refractivity contribution in [1.29, 1.82) is 0 Å². The Morgan fingerprint density at radius 3 is 2.68 bits per heavy atom. The zero-order chi connectivity index (χ0) is 21.8. The monoisotopic (exact) mass is 441 g/mol. The molecule has 2 aromatic heterocycles.